The zero-order chi connectivity index (χ0) is 46.0. The van der Waals surface area contributed by atoms with Gasteiger partial charge in [-0.25, -0.2) is 4.57 Å². The van der Waals surface area contributed by atoms with Crippen LogP contribution in [0.15, 0.2) is 36.5 Å². The SMILES string of the molecule is CCCCC/C=C\C/C=C\CCCCCCCCCCCCCC(=O)NCCOP(=O)(O)OCC(O)COC(=O)CCCCCCCCCCCCC/C=C/CCCCCCCC. The van der Waals surface area contributed by atoms with Crippen LogP contribution >= 0.6 is 7.82 Å². The number of unbranched alkanes of at least 4 members (excludes halogenated alkanes) is 31. The number of nitrogens with one attached hydrogen (secondary N) is 1. The van der Waals surface area contributed by atoms with Crippen LogP contribution < -0.4 is 5.32 Å². The van der Waals surface area contributed by atoms with Gasteiger partial charge in [0.2, 0.25) is 5.91 Å². The lowest BCUT2D eigenvalue weighted by Crippen LogP contribution is -2.27. The fraction of sp³-hybridized carbons (Fsp3) is 0.849. The second-order valence-electron chi connectivity index (χ2n) is 17.8. The highest BCUT2D eigenvalue weighted by Crippen LogP contribution is 2.42. The Kier molecular flexibility index (Phi) is 48.3. The summed E-state index contributed by atoms with van der Waals surface area (Å²) < 4.78 is 27.0. The number of rotatable bonds is 50. The molecule has 0 fully saturated rings. The Morgan fingerprint density at radius 2 is 0.857 bits per heavy atom. The van der Waals surface area contributed by atoms with Gasteiger partial charge in [-0.15, -0.1) is 0 Å². The van der Waals surface area contributed by atoms with E-state index in [1.165, 1.54) is 186 Å². The quantitative estimate of drug-likeness (QED) is 0.0238. The second-order valence-corrected chi connectivity index (χ2v) is 19.3. The Balaban J connectivity index is 3.53. The molecular formula is C53H100NO8P. The third-order valence-corrected chi connectivity index (χ3v) is 12.5. The molecule has 0 aliphatic carbocycles. The number of amides is 1. The summed E-state index contributed by atoms with van der Waals surface area (Å²) in [5.41, 5.74) is 0. The van der Waals surface area contributed by atoms with E-state index in [9.17, 15) is 24.2 Å². The van der Waals surface area contributed by atoms with Crippen LogP contribution in [0.25, 0.3) is 0 Å². The first-order chi connectivity index (χ1) is 30.8. The van der Waals surface area contributed by atoms with Crippen LogP contribution in [0.4, 0.5) is 0 Å². The maximum absolute atomic E-state index is 12.2. The zero-order valence-corrected chi connectivity index (χ0v) is 41.9. The van der Waals surface area contributed by atoms with Gasteiger partial charge in [-0.05, 0) is 70.6 Å². The van der Waals surface area contributed by atoms with Crippen molar-refractivity contribution in [2.45, 2.75) is 264 Å². The fourth-order valence-electron chi connectivity index (χ4n) is 7.53. The number of carbonyl (C=O) groups excluding carboxylic acids is 2. The van der Waals surface area contributed by atoms with E-state index in [0.29, 0.717) is 6.42 Å². The number of aliphatic hydroxyl groups excluding tert-OH is 1. The lowest BCUT2D eigenvalue weighted by Gasteiger charge is -2.15. The van der Waals surface area contributed by atoms with E-state index in [1.807, 2.05) is 0 Å². The molecule has 10 heteroatoms. The molecule has 0 rings (SSSR count). The van der Waals surface area contributed by atoms with Gasteiger partial charge >= 0.3 is 13.8 Å². The molecule has 0 heterocycles. The van der Waals surface area contributed by atoms with E-state index < -0.39 is 26.5 Å². The Bertz CT molecular complexity index is 1130. The highest BCUT2D eigenvalue weighted by atomic mass is 31.2. The van der Waals surface area contributed by atoms with Crippen LogP contribution in [0.5, 0.6) is 0 Å². The second kappa shape index (κ2) is 49.7. The third kappa shape index (κ3) is 51.1. The van der Waals surface area contributed by atoms with Crippen molar-refractivity contribution < 1.29 is 37.9 Å². The molecule has 2 atom stereocenters. The summed E-state index contributed by atoms with van der Waals surface area (Å²) in [4.78, 5) is 34.1. The molecule has 0 bridgehead atoms. The standard InChI is InChI=1S/C53H100NO8P/c1-3-5-7-9-11-13-15-17-19-21-23-25-27-29-31-33-35-37-39-41-43-45-52(56)54-47-48-61-63(58,59)62-50-51(55)49-60-53(57)46-44-42-40-38-36-34-32-30-28-26-24-22-20-18-16-14-12-10-8-6-4-2/h11,13,17-20,51,55H,3-10,12,14-16,21-50H2,1-2H3,(H,54,56)(H,58,59)/b13-11-,19-17-,20-18+. The highest BCUT2D eigenvalue weighted by molar-refractivity contribution is 7.47. The maximum Gasteiger partial charge on any atom is 0.472 e. The van der Waals surface area contributed by atoms with E-state index in [0.717, 1.165) is 44.9 Å². The summed E-state index contributed by atoms with van der Waals surface area (Å²) in [5, 5.41) is 12.8. The minimum atomic E-state index is -4.42. The number of phosphoric acid groups is 1. The summed E-state index contributed by atoms with van der Waals surface area (Å²) >= 11 is 0. The van der Waals surface area contributed by atoms with Gasteiger partial charge in [0.05, 0.1) is 13.2 Å². The maximum atomic E-state index is 12.2. The number of phosphoric ester groups is 1. The van der Waals surface area contributed by atoms with Gasteiger partial charge < -0.3 is 20.1 Å². The molecule has 0 spiro atoms. The molecule has 0 saturated carbocycles. The molecule has 2 unspecified atom stereocenters. The van der Waals surface area contributed by atoms with E-state index in [2.05, 4.69) is 55.6 Å². The largest absolute Gasteiger partial charge is 0.472 e. The van der Waals surface area contributed by atoms with Gasteiger partial charge in [0.25, 0.3) is 0 Å². The number of hydrogen-bond donors (Lipinski definition) is 3. The molecule has 63 heavy (non-hydrogen) atoms. The van der Waals surface area contributed by atoms with Crippen molar-refractivity contribution in [3.8, 4) is 0 Å². The van der Waals surface area contributed by atoms with Crippen LogP contribution in [0.3, 0.4) is 0 Å². The smallest absolute Gasteiger partial charge is 0.463 e. The van der Waals surface area contributed by atoms with Crippen molar-refractivity contribution in [3.05, 3.63) is 36.5 Å². The fourth-order valence-corrected chi connectivity index (χ4v) is 8.28. The lowest BCUT2D eigenvalue weighted by atomic mass is 10.0. The minimum absolute atomic E-state index is 0.0817. The van der Waals surface area contributed by atoms with Crippen LogP contribution in [0, 0.1) is 0 Å². The van der Waals surface area contributed by atoms with Gasteiger partial charge in [0, 0.05) is 19.4 Å². The Morgan fingerprint density at radius 3 is 1.32 bits per heavy atom. The van der Waals surface area contributed by atoms with Gasteiger partial charge in [-0.1, -0.05) is 211 Å². The summed E-state index contributed by atoms with van der Waals surface area (Å²) in [5.74, 6) is -0.511. The highest BCUT2D eigenvalue weighted by Gasteiger charge is 2.23. The van der Waals surface area contributed by atoms with Crippen LogP contribution in [-0.2, 0) is 27.9 Å². The van der Waals surface area contributed by atoms with Crippen molar-refractivity contribution in [1.82, 2.24) is 5.32 Å². The topological polar surface area (TPSA) is 131 Å². The number of ether oxygens (including phenoxy) is 1. The van der Waals surface area contributed by atoms with Crippen molar-refractivity contribution in [3.63, 3.8) is 0 Å². The molecule has 0 saturated heterocycles. The van der Waals surface area contributed by atoms with Crippen molar-refractivity contribution in [1.29, 1.82) is 0 Å². The zero-order valence-electron chi connectivity index (χ0n) is 41.0. The molecular weight excluding hydrogens is 810 g/mol. The first-order valence-corrected chi connectivity index (χ1v) is 28.0. The monoisotopic (exact) mass is 910 g/mol. The summed E-state index contributed by atoms with van der Waals surface area (Å²) in [6, 6.07) is 0. The first-order valence-electron chi connectivity index (χ1n) is 26.5. The van der Waals surface area contributed by atoms with Gasteiger partial charge in [-0.2, -0.15) is 0 Å². The molecule has 0 aromatic heterocycles. The van der Waals surface area contributed by atoms with Crippen molar-refractivity contribution in [2.75, 3.05) is 26.4 Å². The van der Waals surface area contributed by atoms with Gasteiger partial charge in [-0.3, -0.25) is 18.6 Å². The Morgan fingerprint density at radius 1 is 0.492 bits per heavy atom. The van der Waals surface area contributed by atoms with Gasteiger partial charge in [0.15, 0.2) is 0 Å². The predicted octanol–water partition coefficient (Wildman–Crippen LogP) is 15.7. The van der Waals surface area contributed by atoms with Gasteiger partial charge in [0.1, 0.15) is 12.7 Å². The number of hydrogen-bond acceptors (Lipinski definition) is 7. The van der Waals surface area contributed by atoms with Crippen LogP contribution in [0.2, 0.25) is 0 Å². The average molecular weight is 910 g/mol. The van der Waals surface area contributed by atoms with E-state index in [4.69, 9.17) is 13.8 Å². The molecule has 0 aliphatic heterocycles. The summed E-state index contributed by atoms with van der Waals surface area (Å²) in [6.07, 6.45) is 58.0. The molecule has 0 aromatic carbocycles. The predicted molar refractivity (Wildman–Crippen MR) is 266 cm³/mol. The van der Waals surface area contributed by atoms with Crippen molar-refractivity contribution >= 4 is 19.7 Å². The number of esters is 1. The molecule has 0 aromatic rings. The molecule has 1 amide bonds. The Hall–Kier alpha value is -1.77. The van der Waals surface area contributed by atoms with E-state index in [-0.39, 0.29) is 32.1 Å². The molecule has 370 valence electrons. The summed E-state index contributed by atoms with van der Waals surface area (Å²) in [6.45, 7) is 3.56. The normalized spacial score (nSPS) is 13.4. The van der Waals surface area contributed by atoms with Crippen LogP contribution in [-0.4, -0.2) is 54.3 Å². The minimum Gasteiger partial charge on any atom is -0.463 e. The molecule has 0 aliphatic rings. The molecule has 0 radical (unpaired) electrons. The summed E-state index contributed by atoms with van der Waals surface area (Å²) in [7, 11) is -4.42. The number of carbonyl (C=O) groups is 2. The number of aliphatic hydroxyl groups is 1. The molecule has 3 N–H and O–H groups in total. The first kappa shape index (κ1) is 61.2. The van der Waals surface area contributed by atoms with Crippen molar-refractivity contribution in [2.24, 2.45) is 0 Å². The van der Waals surface area contributed by atoms with E-state index >= 15 is 0 Å². The third-order valence-electron chi connectivity index (χ3n) is 11.5. The average Bonchev–Trinajstić information content (AvgIpc) is 3.27. The number of allylic oxidation sites excluding steroid dienone is 6. The van der Waals surface area contributed by atoms with E-state index in [1.54, 1.807) is 0 Å². The Labute approximate surface area is 388 Å². The lowest BCUT2D eigenvalue weighted by molar-refractivity contribution is -0.147. The molecule has 9 nitrogen and oxygen atoms in total. The van der Waals surface area contributed by atoms with Crippen LogP contribution in [0.1, 0.15) is 258 Å².